The molecule has 1 aromatic heterocycles. The highest BCUT2D eigenvalue weighted by molar-refractivity contribution is 6.95. The predicted octanol–water partition coefficient (Wildman–Crippen LogP) is 5.26. The van der Waals surface area contributed by atoms with Crippen molar-refractivity contribution >= 4 is 29.7 Å². The zero-order chi connectivity index (χ0) is 20.2. The van der Waals surface area contributed by atoms with Gasteiger partial charge in [-0.15, -0.1) is 0 Å². The molecule has 3 aromatic rings. The fourth-order valence-corrected chi connectivity index (χ4v) is 6.93. The van der Waals surface area contributed by atoms with E-state index in [0.29, 0.717) is 13.2 Å². The van der Waals surface area contributed by atoms with Crippen LogP contribution in [0.1, 0.15) is 16.8 Å². The van der Waals surface area contributed by atoms with Crippen LogP contribution in [0.5, 0.6) is 5.75 Å². The molecule has 2 aromatic carbocycles. The van der Waals surface area contributed by atoms with Gasteiger partial charge in [-0.3, -0.25) is 0 Å². The number of hydrogen-bond donors (Lipinski definition) is 1. The number of para-hydroxylation sites is 1. The summed E-state index contributed by atoms with van der Waals surface area (Å²) in [6.45, 7) is 8.44. The van der Waals surface area contributed by atoms with Crippen molar-refractivity contribution in [3.63, 3.8) is 0 Å². The van der Waals surface area contributed by atoms with Crippen molar-refractivity contribution in [2.24, 2.45) is 0 Å². The largest absolute Gasteiger partial charge is 0.497 e. The maximum Gasteiger partial charge on any atom is 0.201 e. The molecule has 1 saturated heterocycles. The van der Waals surface area contributed by atoms with Crippen LogP contribution in [0, 0.1) is 0 Å². The molecule has 1 spiro atoms. The van der Waals surface area contributed by atoms with Crippen molar-refractivity contribution in [2.75, 3.05) is 20.3 Å². The van der Waals surface area contributed by atoms with Crippen molar-refractivity contribution in [1.29, 1.82) is 0 Å². The molecule has 1 fully saturated rings. The average molecular weight is 406 g/mol. The van der Waals surface area contributed by atoms with E-state index in [4.69, 9.17) is 14.2 Å². The summed E-state index contributed by atoms with van der Waals surface area (Å²) in [4.78, 5) is 3.70. The van der Waals surface area contributed by atoms with Crippen LogP contribution in [0.2, 0.25) is 19.6 Å². The lowest BCUT2D eigenvalue weighted by Gasteiger charge is -2.32. The van der Waals surface area contributed by atoms with Gasteiger partial charge in [-0.2, -0.15) is 0 Å². The Morgan fingerprint density at radius 1 is 1.00 bits per heavy atom. The highest BCUT2D eigenvalue weighted by Crippen LogP contribution is 2.52. The molecule has 2 heterocycles. The summed E-state index contributed by atoms with van der Waals surface area (Å²) in [5.41, 5.74) is 6.09. The number of H-pyrrole nitrogens is 1. The number of ether oxygens (including phenoxy) is 3. The molecule has 5 heteroatoms. The van der Waals surface area contributed by atoms with E-state index in [1.807, 2.05) is 12.1 Å². The Morgan fingerprint density at radius 3 is 2.34 bits per heavy atom. The Labute approximate surface area is 172 Å². The number of hydrogen-bond acceptors (Lipinski definition) is 3. The highest BCUT2D eigenvalue weighted by atomic mass is 28.3. The van der Waals surface area contributed by atoms with E-state index < -0.39 is 13.9 Å². The molecule has 4 nitrogen and oxygen atoms in total. The summed E-state index contributed by atoms with van der Waals surface area (Å²) < 4.78 is 18.1. The van der Waals surface area contributed by atoms with Crippen LogP contribution < -0.4 is 4.74 Å². The zero-order valence-corrected chi connectivity index (χ0v) is 18.5. The van der Waals surface area contributed by atoms with Gasteiger partial charge in [0.1, 0.15) is 5.75 Å². The standard InChI is InChI=1S/C24H27NO3Si/c1-26-17-11-9-16(10-12-17)23(29(2,3)4)21-22-19(15-24(21)27-13-14-28-24)18-7-5-6-8-20(18)25-22/h5-12,25H,13-15H2,1-4H3/b23-21-. The fourth-order valence-electron chi connectivity index (χ4n) is 4.84. The number of aromatic amines is 1. The van der Waals surface area contributed by atoms with E-state index in [2.05, 4.69) is 61.0 Å². The van der Waals surface area contributed by atoms with Crippen molar-refractivity contribution in [1.82, 2.24) is 4.98 Å². The van der Waals surface area contributed by atoms with Crippen LogP contribution in [0.3, 0.4) is 0 Å². The predicted molar refractivity (Wildman–Crippen MR) is 120 cm³/mol. The molecule has 0 unspecified atom stereocenters. The van der Waals surface area contributed by atoms with Gasteiger partial charge in [0.15, 0.2) is 0 Å². The molecular formula is C24H27NO3Si. The van der Waals surface area contributed by atoms with E-state index in [0.717, 1.165) is 12.2 Å². The monoisotopic (exact) mass is 405 g/mol. The number of aromatic nitrogens is 1. The lowest BCUT2D eigenvalue weighted by atomic mass is 10.0. The van der Waals surface area contributed by atoms with Crippen molar-refractivity contribution in [3.05, 3.63) is 65.4 Å². The molecule has 0 saturated carbocycles. The molecule has 1 aliphatic heterocycles. The Hall–Kier alpha value is -2.34. The van der Waals surface area contributed by atoms with Gasteiger partial charge >= 0.3 is 0 Å². The van der Waals surface area contributed by atoms with Crippen molar-refractivity contribution < 1.29 is 14.2 Å². The van der Waals surface area contributed by atoms with Crippen LogP contribution in [0.25, 0.3) is 21.7 Å². The Bertz CT molecular complexity index is 1100. The molecule has 150 valence electrons. The third-order valence-corrected chi connectivity index (χ3v) is 8.03. The van der Waals surface area contributed by atoms with Crippen LogP contribution in [0.15, 0.2) is 48.5 Å². The molecule has 1 N–H and O–H groups in total. The summed E-state index contributed by atoms with van der Waals surface area (Å²) in [6.07, 6.45) is 0.756. The third kappa shape index (κ3) is 2.88. The number of fused-ring (bicyclic) bond motifs is 3. The first-order valence-electron chi connectivity index (χ1n) is 10.2. The minimum atomic E-state index is -1.77. The summed E-state index contributed by atoms with van der Waals surface area (Å²) in [5.74, 6) is 0.190. The molecule has 0 bridgehead atoms. The average Bonchev–Trinajstić information content (AvgIpc) is 3.38. The third-order valence-electron chi connectivity index (χ3n) is 5.99. The maximum atomic E-state index is 6.34. The number of nitrogens with one attached hydrogen (secondary N) is 1. The minimum absolute atomic E-state index is 0.632. The molecular weight excluding hydrogens is 378 g/mol. The number of rotatable bonds is 3. The van der Waals surface area contributed by atoms with Crippen LogP contribution >= 0.6 is 0 Å². The van der Waals surface area contributed by atoms with E-state index >= 15 is 0 Å². The lowest BCUT2D eigenvalue weighted by molar-refractivity contribution is -0.100. The molecule has 29 heavy (non-hydrogen) atoms. The second-order valence-corrected chi connectivity index (χ2v) is 13.9. The van der Waals surface area contributed by atoms with E-state index in [9.17, 15) is 0 Å². The number of methoxy groups -OCH3 is 1. The molecule has 0 atom stereocenters. The topological polar surface area (TPSA) is 43.5 Å². The first-order chi connectivity index (χ1) is 13.9. The Balaban J connectivity index is 1.83. The molecule has 1 aliphatic carbocycles. The van der Waals surface area contributed by atoms with Crippen molar-refractivity contribution in [3.8, 4) is 5.75 Å². The van der Waals surface area contributed by atoms with Crippen LogP contribution in [-0.2, 0) is 15.9 Å². The first kappa shape index (κ1) is 18.7. The summed E-state index contributed by atoms with van der Waals surface area (Å²) in [6, 6.07) is 16.9. The summed E-state index contributed by atoms with van der Waals surface area (Å²) in [7, 11) is -0.0681. The van der Waals surface area contributed by atoms with Gasteiger partial charge in [0.2, 0.25) is 5.79 Å². The van der Waals surface area contributed by atoms with Crippen LogP contribution in [0.4, 0.5) is 0 Å². The van der Waals surface area contributed by atoms with Gasteiger partial charge in [0.05, 0.1) is 34.1 Å². The van der Waals surface area contributed by atoms with Crippen molar-refractivity contribution in [2.45, 2.75) is 31.8 Å². The second kappa shape index (κ2) is 6.59. The van der Waals surface area contributed by atoms with Gasteiger partial charge in [-0.1, -0.05) is 50.0 Å². The molecule has 2 aliphatic rings. The van der Waals surface area contributed by atoms with Gasteiger partial charge in [0.25, 0.3) is 0 Å². The molecule has 0 radical (unpaired) electrons. The van der Waals surface area contributed by atoms with E-state index in [1.54, 1.807) is 7.11 Å². The van der Waals surface area contributed by atoms with Gasteiger partial charge in [0, 0.05) is 22.9 Å². The van der Waals surface area contributed by atoms with Gasteiger partial charge < -0.3 is 19.2 Å². The van der Waals surface area contributed by atoms with E-state index in [1.165, 1.54) is 38.5 Å². The molecule has 0 amide bonds. The quantitative estimate of drug-likeness (QED) is 0.604. The SMILES string of the molecule is COc1ccc(/C(=C2\c3[nH]c4ccccc4c3CC23OCCO3)[Si](C)(C)C)cc1. The Kier molecular flexibility index (Phi) is 4.24. The van der Waals surface area contributed by atoms with Crippen LogP contribution in [-0.4, -0.2) is 39.2 Å². The maximum absolute atomic E-state index is 6.34. The minimum Gasteiger partial charge on any atom is -0.497 e. The van der Waals surface area contributed by atoms with Gasteiger partial charge in [-0.05, 0) is 34.5 Å². The summed E-state index contributed by atoms with van der Waals surface area (Å²) >= 11 is 0. The first-order valence-corrected chi connectivity index (χ1v) is 13.7. The van der Waals surface area contributed by atoms with Gasteiger partial charge in [-0.25, -0.2) is 0 Å². The normalized spacial score (nSPS) is 19.7. The highest BCUT2D eigenvalue weighted by Gasteiger charge is 2.51. The zero-order valence-electron chi connectivity index (χ0n) is 17.5. The smallest absolute Gasteiger partial charge is 0.201 e. The summed E-state index contributed by atoms with van der Waals surface area (Å²) in [5, 5.41) is 2.65. The fraction of sp³-hybridized carbons (Fsp3) is 0.333. The molecule has 5 rings (SSSR count). The van der Waals surface area contributed by atoms with E-state index in [-0.39, 0.29) is 0 Å². The lowest BCUT2D eigenvalue weighted by Crippen LogP contribution is -2.35. The number of benzene rings is 2. The second-order valence-electron chi connectivity index (χ2n) is 8.88. The Morgan fingerprint density at radius 2 is 1.69 bits per heavy atom.